The van der Waals surface area contributed by atoms with Crippen molar-refractivity contribution in [3.63, 3.8) is 0 Å². The second-order valence-corrected chi connectivity index (χ2v) is 10.0. The van der Waals surface area contributed by atoms with Crippen LogP contribution in [0.4, 0.5) is 10.5 Å². The lowest BCUT2D eigenvalue weighted by Gasteiger charge is -2.27. The molecule has 4 aromatic carbocycles. The summed E-state index contributed by atoms with van der Waals surface area (Å²) in [7, 11) is 1.52. The summed E-state index contributed by atoms with van der Waals surface area (Å²) < 4.78 is 12.3. The summed E-state index contributed by atoms with van der Waals surface area (Å²) in [5.74, 6) is -0.566. The Labute approximate surface area is 234 Å². The predicted octanol–water partition coefficient (Wildman–Crippen LogP) is 6.47. The monoisotopic (exact) mass is 584 g/mol. The minimum Gasteiger partial charge on any atom is -0.493 e. The highest BCUT2D eigenvalue weighted by molar-refractivity contribution is 9.10. The van der Waals surface area contributed by atoms with Gasteiger partial charge in [0.1, 0.15) is 12.2 Å². The molecule has 4 aromatic rings. The van der Waals surface area contributed by atoms with E-state index in [-0.39, 0.29) is 5.57 Å². The number of methoxy groups -OCH3 is 1. The van der Waals surface area contributed by atoms with Gasteiger partial charge in [0.2, 0.25) is 0 Å². The van der Waals surface area contributed by atoms with Crippen LogP contribution in [0, 0.1) is 13.8 Å². The Morgan fingerprint density at radius 2 is 1.67 bits per heavy atom. The topological polar surface area (TPSA) is 84.9 Å². The molecule has 4 amide bonds. The molecule has 1 saturated heterocycles. The molecule has 0 saturated carbocycles. The van der Waals surface area contributed by atoms with Crippen LogP contribution in [0.3, 0.4) is 0 Å². The minimum atomic E-state index is -0.792. The van der Waals surface area contributed by atoms with Gasteiger partial charge in [0, 0.05) is 4.47 Å². The fourth-order valence-corrected chi connectivity index (χ4v) is 4.86. The molecule has 1 aliphatic rings. The number of amides is 4. The average Bonchev–Trinajstić information content (AvgIpc) is 2.92. The number of nitrogens with one attached hydrogen (secondary N) is 1. The molecule has 39 heavy (non-hydrogen) atoms. The average molecular weight is 585 g/mol. The fraction of sp³-hybridized carbons (Fsp3) is 0.129. The highest BCUT2D eigenvalue weighted by Crippen LogP contribution is 2.36. The zero-order valence-corrected chi connectivity index (χ0v) is 23.2. The molecular formula is C31H25BrN2O5. The van der Waals surface area contributed by atoms with Gasteiger partial charge in [0.05, 0.1) is 12.8 Å². The minimum absolute atomic E-state index is 0.181. The van der Waals surface area contributed by atoms with Crippen molar-refractivity contribution in [2.45, 2.75) is 20.5 Å². The Bertz CT molecular complexity index is 1670. The number of hydrogen-bond acceptors (Lipinski definition) is 5. The van der Waals surface area contributed by atoms with Crippen LogP contribution in [0.5, 0.6) is 11.5 Å². The van der Waals surface area contributed by atoms with Gasteiger partial charge in [-0.15, -0.1) is 0 Å². The molecule has 0 spiro atoms. The van der Waals surface area contributed by atoms with Crippen molar-refractivity contribution < 1.29 is 23.9 Å². The number of aryl methyl sites for hydroxylation is 2. The molecule has 0 aliphatic carbocycles. The Balaban J connectivity index is 1.45. The lowest BCUT2D eigenvalue weighted by Crippen LogP contribution is -2.54. The quantitative estimate of drug-likeness (QED) is 0.207. The van der Waals surface area contributed by atoms with Crippen molar-refractivity contribution in [1.29, 1.82) is 0 Å². The van der Waals surface area contributed by atoms with Crippen LogP contribution in [-0.2, 0) is 16.2 Å². The summed E-state index contributed by atoms with van der Waals surface area (Å²) in [5.41, 5.74) is 3.68. The van der Waals surface area contributed by atoms with E-state index >= 15 is 0 Å². The van der Waals surface area contributed by atoms with Gasteiger partial charge in [0.15, 0.2) is 11.5 Å². The normalized spacial score (nSPS) is 14.6. The second kappa shape index (κ2) is 10.7. The fourth-order valence-electron chi connectivity index (χ4n) is 4.42. The number of urea groups is 1. The molecule has 0 radical (unpaired) electrons. The van der Waals surface area contributed by atoms with E-state index in [0.717, 1.165) is 32.4 Å². The highest BCUT2D eigenvalue weighted by atomic mass is 79.9. The number of carbonyl (C=O) groups excluding carboxylic acids is 3. The lowest BCUT2D eigenvalue weighted by atomic mass is 10.0. The van der Waals surface area contributed by atoms with E-state index in [1.165, 1.54) is 13.2 Å². The van der Waals surface area contributed by atoms with E-state index < -0.39 is 17.8 Å². The number of benzene rings is 4. The highest BCUT2D eigenvalue weighted by Gasteiger charge is 2.37. The molecule has 0 bridgehead atoms. The van der Waals surface area contributed by atoms with Gasteiger partial charge in [-0.2, -0.15) is 0 Å². The second-order valence-electron chi connectivity index (χ2n) is 9.18. The molecule has 1 heterocycles. The molecule has 1 aliphatic heterocycles. The SMILES string of the molecule is COc1cc(/C=C2\C(=O)NC(=O)N(c3ccc(C)c(C)c3)C2=O)c(Br)cc1OCc1cccc2ccccc12. The van der Waals surface area contributed by atoms with Crippen molar-refractivity contribution in [3.05, 3.63) is 105 Å². The zero-order valence-electron chi connectivity index (χ0n) is 21.6. The Kier molecular flexibility index (Phi) is 7.21. The van der Waals surface area contributed by atoms with Gasteiger partial charge in [-0.1, -0.05) is 64.5 Å². The Morgan fingerprint density at radius 1 is 0.897 bits per heavy atom. The predicted molar refractivity (Wildman–Crippen MR) is 154 cm³/mol. The number of rotatable bonds is 6. The summed E-state index contributed by atoms with van der Waals surface area (Å²) in [6.07, 6.45) is 1.43. The third-order valence-corrected chi connectivity index (χ3v) is 7.38. The van der Waals surface area contributed by atoms with Gasteiger partial charge in [-0.05, 0) is 77.2 Å². The van der Waals surface area contributed by atoms with E-state index in [1.54, 1.807) is 24.3 Å². The molecule has 7 nitrogen and oxygen atoms in total. The number of nitrogens with zero attached hydrogens (tertiary/aromatic N) is 1. The summed E-state index contributed by atoms with van der Waals surface area (Å²) in [6, 6.07) is 22.0. The van der Waals surface area contributed by atoms with Crippen molar-refractivity contribution in [3.8, 4) is 11.5 Å². The van der Waals surface area contributed by atoms with Gasteiger partial charge >= 0.3 is 6.03 Å². The molecule has 5 rings (SSSR count). The van der Waals surface area contributed by atoms with Crippen LogP contribution in [0.2, 0.25) is 0 Å². The number of anilines is 1. The molecule has 8 heteroatoms. The zero-order chi connectivity index (χ0) is 27.7. The molecule has 196 valence electrons. The first-order chi connectivity index (χ1) is 18.8. The van der Waals surface area contributed by atoms with Gasteiger partial charge in [0.25, 0.3) is 11.8 Å². The van der Waals surface area contributed by atoms with Crippen molar-refractivity contribution in [1.82, 2.24) is 5.32 Å². The summed E-state index contributed by atoms with van der Waals surface area (Å²) in [6.45, 7) is 4.14. The van der Waals surface area contributed by atoms with E-state index in [1.807, 2.05) is 44.2 Å². The summed E-state index contributed by atoms with van der Waals surface area (Å²) in [4.78, 5) is 39.6. The lowest BCUT2D eigenvalue weighted by molar-refractivity contribution is -0.122. The number of hydrogen-bond donors (Lipinski definition) is 1. The molecule has 0 unspecified atom stereocenters. The summed E-state index contributed by atoms with van der Waals surface area (Å²) >= 11 is 3.53. The number of barbiturate groups is 1. The molecule has 1 fully saturated rings. The van der Waals surface area contributed by atoms with Crippen molar-refractivity contribution in [2.24, 2.45) is 0 Å². The van der Waals surface area contributed by atoms with Gasteiger partial charge in [-0.25, -0.2) is 9.69 Å². The first kappa shape index (κ1) is 26.2. The molecule has 0 atom stereocenters. The van der Waals surface area contributed by atoms with Crippen molar-refractivity contribution >= 4 is 56.3 Å². The van der Waals surface area contributed by atoms with Crippen LogP contribution >= 0.6 is 15.9 Å². The molecule has 0 aromatic heterocycles. The maximum Gasteiger partial charge on any atom is 0.335 e. The smallest absolute Gasteiger partial charge is 0.335 e. The summed E-state index contributed by atoms with van der Waals surface area (Å²) in [5, 5.41) is 4.49. The van der Waals surface area contributed by atoms with Crippen molar-refractivity contribution in [2.75, 3.05) is 12.0 Å². The van der Waals surface area contributed by atoms with E-state index in [9.17, 15) is 14.4 Å². The van der Waals surface area contributed by atoms with Crippen LogP contribution in [0.25, 0.3) is 16.8 Å². The van der Waals surface area contributed by atoms with Gasteiger partial charge < -0.3 is 9.47 Å². The van der Waals surface area contributed by atoms with Crippen LogP contribution in [0.15, 0.2) is 82.8 Å². The Morgan fingerprint density at radius 3 is 2.44 bits per heavy atom. The number of ether oxygens (including phenoxy) is 2. The number of carbonyl (C=O) groups is 3. The number of halogens is 1. The third kappa shape index (κ3) is 5.15. The molecule has 1 N–H and O–H groups in total. The first-order valence-electron chi connectivity index (χ1n) is 12.2. The van der Waals surface area contributed by atoms with E-state index in [4.69, 9.17) is 9.47 Å². The Hall–Kier alpha value is -4.43. The largest absolute Gasteiger partial charge is 0.493 e. The first-order valence-corrected chi connectivity index (χ1v) is 13.0. The van der Waals surface area contributed by atoms with Crippen LogP contribution in [-0.4, -0.2) is 25.0 Å². The molecular weight excluding hydrogens is 560 g/mol. The maximum atomic E-state index is 13.4. The van der Waals surface area contributed by atoms with Crippen LogP contribution in [0.1, 0.15) is 22.3 Å². The van der Waals surface area contributed by atoms with E-state index in [2.05, 4.69) is 39.4 Å². The van der Waals surface area contributed by atoms with Crippen LogP contribution < -0.4 is 19.7 Å². The van der Waals surface area contributed by atoms with E-state index in [0.29, 0.717) is 33.8 Å². The van der Waals surface area contributed by atoms with Gasteiger partial charge in [-0.3, -0.25) is 14.9 Å². The number of imide groups is 2. The maximum absolute atomic E-state index is 13.4. The third-order valence-electron chi connectivity index (χ3n) is 6.70. The standard InChI is InChI=1S/C31H25BrN2O5/c1-18-11-12-23(13-19(18)2)34-30(36)25(29(35)33-31(34)37)14-22-15-27(38-3)28(16-26(22)32)39-17-21-9-6-8-20-7-4-5-10-24(20)21/h4-16H,17H2,1-3H3,(H,33,35,37)/b25-14+. The number of fused-ring (bicyclic) bond motifs is 1.